The molecule has 0 aliphatic rings. The zero-order chi connectivity index (χ0) is 24.7. The standard InChI is InChI=1S/C25H22BrF2N3O3/c1-15(2)14-29-34-23(16-6-10-18(26)11-7-16)17-8-12-19(13-9-17)30-25(33)31-24(32)22-20(27)4-3-5-21(22)28/h3-15,23H,1-2H3,(H2,30,31,32,33). The van der Waals surface area contributed by atoms with Crippen LogP contribution in [0, 0.1) is 17.6 Å². The summed E-state index contributed by atoms with van der Waals surface area (Å²) in [6.07, 6.45) is 1.21. The summed E-state index contributed by atoms with van der Waals surface area (Å²) >= 11 is 3.41. The second-order valence-electron chi connectivity index (χ2n) is 7.66. The highest BCUT2D eigenvalue weighted by Gasteiger charge is 2.20. The fourth-order valence-corrected chi connectivity index (χ4v) is 3.22. The normalized spacial score (nSPS) is 11.9. The highest BCUT2D eigenvalue weighted by Crippen LogP contribution is 2.28. The van der Waals surface area contributed by atoms with Gasteiger partial charge >= 0.3 is 6.03 Å². The smallest absolute Gasteiger partial charge is 0.326 e. The molecule has 1 atom stereocenters. The molecule has 9 heteroatoms. The first-order valence-corrected chi connectivity index (χ1v) is 11.1. The molecule has 0 spiro atoms. The Balaban J connectivity index is 1.71. The van der Waals surface area contributed by atoms with E-state index in [-0.39, 0.29) is 5.92 Å². The van der Waals surface area contributed by atoms with Crippen molar-refractivity contribution in [3.63, 3.8) is 0 Å². The van der Waals surface area contributed by atoms with Crippen molar-refractivity contribution in [3.05, 3.63) is 99.5 Å². The molecule has 0 saturated heterocycles. The Kier molecular flexibility index (Phi) is 8.48. The third-order valence-electron chi connectivity index (χ3n) is 4.59. The Labute approximate surface area is 204 Å². The average molecular weight is 530 g/mol. The van der Waals surface area contributed by atoms with E-state index in [1.54, 1.807) is 30.5 Å². The Morgan fingerprint density at radius 1 is 0.941 bits per heavy atom. The molecule has 3 aromatic carbocycles. The largest absolute Gasteiger partial charge is 0.383 e. The van der Waals surface area contributed by atoms with Crippen LogP contribution in [0.2, 0.25) is 0 Å². The Bertz CT molecular complexity index is 1160. The van der Waals surface area contributed by atoms with Crippen LogP contribution < -0.4 is 10.6 Å². The number of anilines is 1. The van der Waals surface area contributed by atoms with Gasteiger partial charge in [-0.1, -0.05) is 65.3 Å². The highest BCUT2D eigenvalue weighted by molar-refractivity contribution is 9.10. The Morgan fingerprint density at radius 3 is 2.06 bits per heavy atom. The monoisotopic (exact) mass is 529 g/mol. The number of nitrogens with one attached hydrogen (secondary N) is 2. The van der Waals surface area contributed by atoms with E-state index in [2.05, 4.69) is 26.4 Å². The lowest BCUT2D eigenvalue weighted by atomic mass is 10.0. The summed E-state index contributed by atoms with van der Waals surface area (Å²) in [6.45, 7) is 3.97. The molecule has 0 radical (unpaired) electrons. The van der Waals surface area contributed by atoms with Crippen LogP contribution in [0.15, 0.2) is 76.4 Å². The number of urea groups is 1. The van der Waals surface area contributed by atoms with E-state index in [4.69, 9.17) is 4.84 Å². The van der Waals surface area contributed by atoms with Crippen molar-refractivity contribution in [2.24, 2.45) is 11.1 Å². The van der Waals surface area contributed by atoms with E-state index in [9.17, 15) is 18.4 Å². The first kappa shape index (κ1) is 25.0. The van der Waals surface area contributed by atoms with Gasteiger partial charge in [-0.05, 0) is 53.4 Å². The second kappa shape index (κ2) is 11.5. The van der Waals surface area contributed by atoms with Crippen molar-refractivity contribution in [1.82, 2.24) is 5.32 Å². The molecule has 0 aliphatic heterocycles. The number of hydrogen-bond donors (Lipinski definition) is 2. The summed E-state index contributed by atoms with van der Waals surface area (Å²) in [5.74, 6) is -3.09. The van der Waals surface area contributed by atoms with Crippen LogP contribution in [0.25, 0.3) is 0 Å². The van der Waals surface area contributed by atoms with E-state index in [1.807, 2.05) is 43.4 Å². The minimum atomic E-state index is -1.18. The number of carbonyl (C=O) groups is 2. The molecule has 0 fully saturated rings. The predicted octanol–water partition coefficient (Wildman–Crippen LogP) is 6.44. The highest BCUT2D eigenvalue weighted by atomic mass is 79.9. The van der Waals surface area contributed by atoms with Gasteiger partial charge in [0.2, 0.25) is 0 Å². The van der Waals surface area contributed by atoms with Crippen LogP contribution in [-0.2, 0) is 4.84 Å². The molecule has 0 aromatic heterocycles. The molecule has 3 aromatic rings. The number of rotatable bonds is 7. The maximum absolute atomic E-state index is 13.7. The molecule has 176 valence electrons. The van der Waals surface area contributed by atoms with Gasteiger partial charge in [-0.3, -0.25) is 10.1 Å². The van der Waals surface area contributed by atoms with Gasteiger partial charge in [-0.15, -0.1) is 0 Å². The van der Waals surface area contributed by atoms with E-state index >= 15 is 0 Å². The molecule has 3 amide bonds. The number of nitrogens with zero attached hydrogens (tertiary/aromatic N) is 1. The maximum atomic E-state index is 13.7. The van der Waals surface area contributed by atoms with Crippen molar-refractivity contribution >= 4 is 39.8 Å². The number of amides is 3. The molecule has 1 unspecified atom stereocenters. The quantitative estimate of drug-likeness (QED) is 0.273. The minimum Gasteiger partial charge on any atom is -0.383 e. The summed E-state index contributed by atoms with van der Waals surface area (Å²) in [5.41, 5.74) is 1.19. The molecule has 34 heavy (non-hydrogen) atoms. The van der Waals surface area contributed by atoms with Gasteiger partial charge in [0.05, 0.1) is 0 Å². The second-order valence-corrected chi connectivity index (χ2v) is 8.58. The summed E-state index contributed by atoms with van der Waals surface area (Å²) < 4.78 is 28.4. The number of benzene rings is 3. The molecule has 3 rings (SSSR count). The minimum absolute atomic E-state index is 0.219. The fraction of sp³-hybridized carbons (Fsp3) is 0.160. The lowest BCUT2D eigenvalue weighted by Gasteiger charge is -2.17. The van der Waals surface area contributed by atoms with Crippen LogP contribution in [0.4, 0.5) is 19.3 Å². The molecule has 2 N–H and O–H groups in total. The van der Waals surface area contributed by atoms with Crippen molar-refractivity contribution in [2.45, 2.75) is 20.0 Å². The number of imide groups is 1. The third kappa shape index (κ3) is 6.71. The van der Waals surface area contributed by atoms with Crippen molar-refractivity contribution in [2.75, 3.05) is 5.32 Å². The van der Waals surface area contributed by atoms with Crippen LogP contribution in [-0.4, -0.2) is 18.2 Å². The number of oxime groups is 1. The maximum Gasteiger partial charge on any atom is 0.326 e. The Hall–Kier alpha value is -3.59. The zero-order valence-electron chi connectivity index (χ0n) is 18.4. The molecular formula is C25H22BrF2N3O3. The third-order valence-corrected chi connectivity index (χ3v) is 5.11. The molecule has 6 nitrogen and oxygen atoms in total. The van der Waals surface area contributed by atoms with E-state index < -0.39 is 35.2 Å². The van der Waals surface area contributed by atoms with Gasteiger partial charge < -0.3 is 10.2 Å². The van der Waals surface area contributed by atoms with Gasteiger partial charge in [-0.2, -0.15) is 0 Å². The average Bonchev–Trinajstić information content (AvgIpc) is 2.78. The van der Waals surface area contributed by atoms with E-state index in [0.29, 0.717) is 5.69 Å². The summed E-state index contributed by atoms with van der Waals surface area (Å²) in [6, 6.07) is 16.4. The number of carbonyl (C=O) groups excluding carboxylic acids is 2. The van der Waals surface area contributed by atoms with Crippen LogP contribution in [0.3, 0.4) is 0 Å². The number of hydrogen-bond acceptors (Lipinski definition) is 4. The SMILES string of the molecule is CC(C)C=NOC(c1ccc(Br)cc1)c1ccc(NC(=O)NC(=O)c2c(F)cccc2F)cc1. The van der Waals surface area contributed by atoms with Crippen molar-refractivity contribution in [1.29, 1.82) is 0 Å². The Morgan fingerprint density at radius 2 is 1.50 bits per heavy atom. The first-order chi connectivity index (χ1) is 16.2. The molecule has 0 bridgehead atoms. The van der Waals surface area contributed by atoms with Gasteiger partial charge in [0.15, 0.2) is 6.10 Å². The van der Waals surface area contributed by atoms with Gasteiger partial charge in [0.25, 0.3) is 5.91 Å². The predicted molar refractivity (Wildman–Crippen MR) is 130 cm³/mol. The summed E-state index contributed by atoms with van der Waals surface area (Å²) in [4.78, 5) is 30.0. The van der Waals surface area contributed by atoms with E-state index in [1.165, 1.54) is 0 Å². The van der Waals surface area contributed by atoms with Crippen LogP contribution in [0.5, 0.6) is 0 Å². The first-order valence-electron chi connectivity index (χ1n) is 10.4. The van der Waals surface area contributed by atoms with Crippen molar-refractivity contribution in [3.8, 4) is 0 Å². The summed E-state index contributed by atoms with van der Waals surface area (Å²) in [5, 5.41) is 8.45. The van der Waals surface area contributed by atoms with Crippen LogP contribution in [0.1, 0.15) is 41.4 Å². The van der Waals surface area contributed by atoms with Gasteiger partial charge in [0.1, 0.15) is 17.2 Å². The molecule has 0 heterocycles. The fourth-order valence-electron chi connectivity index (χ4n) is 2.95. The van der Waals surface area contributed by atoms with Crippen LogP contribution >= 0.6 is 15.9 Å². The summed E-state index contributed by atoms with van der Waals surface area (Å²) in [7, 11) is 0. The van der Waals surface area contributed by atoms with Gasteiger partial charge in [-0.25, -0.2) is 13.6 Å². The lowest BCUT2D eigenvalue weighted by Crippen LogP contribution is -2.35. The lowest BCUT2D eigenvalue weighted by molar-refractivity contribution is 0.0877. The van der Waals surface area contributed by atoms with Gasteiger partial charge in [0, 0.05) is 16.4 Å². The molecular weight excluding hydrogens is 508 g/mol. The van der Waals surface area contributed by atoms with Crippen molar-refractivity contribution < 1.29 is 23.2 Å². The molecule has 0 aliphatic carbocycles. The zero-order valence-corrected chi connectivity index (χ0v) is 20.0. The molecule has 0 saturated carbocycles. The van der Waals surface area contributed by atoms with E-state index in [0.717, 1.165) is 33.8 Å². The number of halogens is 3. The topological polar surface area (TPSA) is 79.8 Å².